The van der Waals surface area contributed by atoms with Gasteiger partial charge in [0.2, 0.25) is 0 Å². The Morgan fingerprint density at radius 2 is 1.91 bits per heavy atom. The van der Waals surface area contributed by atoms with Gasteiger partial charge in [0.25, 0.3) is 0 Å². The van der Waals surface area contributed by atoms with Crippen molar-refractivity contribution in [1.82, 2.24) is 0 Å². The van der Waals surface area contributed by atoms with Gasteiger partial charge in [-0.05, 0) is 23.7 Å². The van der Waals surface area contributed by atoms with Gasteiger partial charge >= 0.3 is 5.97 Å². The van der Waals surface area contributed by atoms with Crippen molar-refractivity contribution in [1.29, 1.82) is 0 Å². The largest absolute Gasteiger partial charge is 0.472 e. The molecular weight excluding hydrogens is 140 g/mol. The first-order valence-corrected chi connectivity index (χ1v) is 2.99. The molecule has 0 rings (SSSR count). The van der Waals surface area contributed by atoms with Crippen LogP contribution in [0.15, 0.2) is 0 Å². The van der Waals surface area contributed by atoms with Crippen LogP contribution in [0.2, 0.25) is 0 Å². The number of hydrogen-bond acceptors (Lipinski definition) is 1. The fourth-order valence-corrected chi connectivity index (χ4v) is 0.280. The third-order valence-corrected chi connectivity index (χ3v) is 0.622. The molecule has 0 aromatic heterocycles. The highest BCUT2D eigenvalue weighted by Crippen LogP contribution is 1.64. The second-order valence-corrected chi connectivity index (χ2v) is 1.46. The lowest BCUT2D eigenvalue weighted by molar-refractivity contribution is -0.130. The number of rotatable bonds is 0. The third-order valence-electron chi connectivity index (χ3n) is 0.622. The molecule has 0 spiro atoms. The molecule has 0 radical (unpaired) electrons. The van der Waals surface area contributed by atoms with E-state index in [1.165, 1.54) is 0 Å². The normalized spacial score (nSPS) is 5.55. The van der Waals surface area contributed by atoms with Gasteiger partial charge in [-0.1, -0.05) is 12.8 Å². The summed E-state index contributed by atoms with van der Waals surface area (Å²) in [7, 11) is 0. The van der Waals surface area contributed by atoms with Crippen molar-refractivity contribution in [2.75, 3.05) is 0 Å². The summed E-state index contributed by atoms with van der Waals surface area (Å²) in [6, 6.07) is 0. The van der Waals surface area contributed by atoms with Crippen LogP contribution in [-0.4, -0.2) is 11.1 Å². The van der Waals surface area contributed by atoms with Crippen molar-refractivity contribution in [2.24, 2.45) is 0 Å². The molecular formula is C9H6O2. The zero-order valence-corrected chi connectivity index (χ0v) is 6.06. The summed E-state index contributed by atoms with van der Waals surface area (Å²) in [5.41, 5.74) is 0. The van der Waals surface area contributed by atoms with Crippen LogP contribution in [-0.2, 0) is 4.79 Å². The van der Waals surface area contributed by atoms with E-state index in [-0.39, 0.29) is 0 Å². The predicted octanol–water partition coefficient (Wildman–Crippen LogP) is 0.491. The second kappa shape index (κ2) is 6.27. The minimum atomic E-state index is -1.18. The minimum absolute atomic E-state index is 0.737. The molecule has 0 bridgehead atoms. The molecule has 0 saturated carbocycles. The van der Waals surface area contributed by atoms with E-state index in [2.05, 4.69) is 29.6 Å². The molecule has 54 valence electrons. The van der Waals surface area contributed by atoms with Crippen molar-refractivity contribution in [3.05, 3.63) is 0 Å². The summed E-state index contributed by atoms with van der Waals surface area (Å²) < 4.78 is 0. The summed E-state index contributed by atoms with van der Waals surface area (Å²) in [5, 5.41) is 8.04. The maximum absolute atomic E-state index is 9.81. The highest BCUT2D eigenvalue weighted by atomic mass is 16.4. The maximum Gasteiger partial charge on any atom is 0.382 e. The lowest BCUT2D eigenvalue weighted by atomic mass is 10.4. The standard InChI is InChI=1S/C9H6O2/c1-2-3-4-5-6-7-8-9(10)11/h2H2,1H3,(H,10,11). The summed E-state index contributed by atoms with van der Waals surface area (Å²) in [4.78, 5) is 9.81. The zero-order chi connectivity index (χ0) is 8.53. The van der Waals surface area contributed by atoms with Crippen molar-refractivity contribution in [2.45, 2.75) is 13.3 Å². The van der Waals surface area contributed by atoms with Gasteiger partial charge in [0, 0.05) is 12.3 Å². The molecule has 1 N–H and O–H groups in total. The Balaban J connectivity index is 3.94. The highest BCUT2D eigenvalue weighted by Gasteiger charge is 1.78. The average Bonchev–Trinajstić information content (AvgIpc) is 1.96. The fourth-order valence-electron chi connectivity index (χ4n) is 0.280. The summed E-state index contributed by atoms with van der Waals surface area (Å²) in [6.07, 6.45) is 0.737. The van der Waals surface area contributed by atoms with Crippen LogP contribution in [0.5, 0.6) is 0 Å². The molecule has 0 unspecified atom stereocenters. The van der Waals surface area contributed by atoms with E-state index in [0.717, 1.165) is 6.42 Å². The van der Waals surface area contributed by atoms with Crippen molar-refractivity contribution in [3.63, 3.8) is 0 Å². The van der Waals surface area contributed by atoms with Crippen LogP contribution in [0, 0.1) is 35.5 Å². The second-order valence-electron chi connectivity index (χ2n) is 1.46. The van der Waals surface area contributed by atoms with E-state index in [4.69, 9.17) is 5.11 Å². The Morgan fingerprint density at radius 3 is 2.45 bits per heavy atom. The number of aliphatic carboxylic acids is 1. The van der Waals surface area contributed by atoms with Crippen LogP contribution in [0.3, 0.4) is 0 Å². The lowest BCUT2D eigenvalue weighted by Crippen LogP contribution is -1.85. The molecule has 0 fully saturated rings. The molecule has 2 nitrogen and oxygen atoms in total. The van der Waals surface area contributed by atoms with E-state index < -0.39 is 5.97 Å². The molecule has 0 aliphatic heterocycles. The van der Waals surface area contributed by atoms with Crippen LogP contribution in [0.4, 0.5) is 0 Å². The molecule has 2 heteroatoms. The van der Waals surface area contributed by atoms with Crippen LogP contribution in [0.25, 0.3) is 0 Å². The molecule has 0 saturated heterocycles. The zero-order valence-electron chi connectivity index (χ0n) is 6.06. The Labute approximate surface area is 65.6 Å². The maximum atomic E-state index is 9.81. The molecule has 0 aromatic carbocycles. The topological polar surface area (TPSA) is 37.3 Å². The lowest BCUT2D eigenvalue weighted by Gasteiger charge is -1.64. The number of carbonyl (C=O) groups is 1. The van der Waals surface area contributed by atoms with Crippen molar-refractivity contribution >= 4 is 5.97 Å². The summed E-state index contributed by atoms with van der Waals surface area (Å²) in [5.74, 6) is 12.7. The minimum Gasteiger partial charge on any atom is -0.472 e. The smallest absolute Gasteiger partial charge is 0.382 e. The van der Waals surface area contributed by atoms with Gasteiger partial charge in [0.05, 0.1) is 0 Å². The van der Waals surface area contributed by atoms with Gasteiger partial charge in [-0.3, -0.25) is 0 Å². The summed E-state index contributed by atoms with van der Waals surface area (Å²) >= 11 is 0. The molecule has 0 aliphatic carbocycles. The Hall–Kier alpha value is -1.85. The van der Waals surface area contributed by atoms with Crippen LogP contribution < -0.4 is 0 Å². The quantitative estimate of drug-likeness (QED) is 0.505. The first kappa shape index (κ1) is 9.15. The van der Waals surface area contributed by atoms with Crippen LogP contribution >= 0.6 is 0 Å². The van der Waals surface area contributed by atoms with Crippen molar-refractivity contribution in [3.8, 4) is 35.5 Å². The van der Waals surface area contributed by atoms with E-state index in [1.807, 2.05) is 12.8 Å². The molecule has 0 heterocycles. The molecule has 0 amide bonds. The number of carboxylic acid groups (broad SMARTS) is 1. The van der Waals surface area contributed by atoms with E-state index >= 15 is 0 Å². The van der Waals surface area contributed by atoms with Gasteiger partial charge in [0.15, 0.2) is 0 Å². The van der Waals surface area contributed by atoms with Gasteiger partial charge in [0.1, 0.15) is 0 Å². The van der Waals surface area contributed by atoms with Gasteiger partial charge in [-0.25, -0.2) is 4.79 Å². The first-order chi connectivity index (χ1) is 5.27. The number of hydrogen-bond donors (Lipinski definition) is 1. The third kappa shape index (κ3) is 8.15. The van der Waals surface area contributed by atoms with Gasteiger partial charge in [-0.15, -0.1) is 0 Å². The Bertz CT molecular complexity index is 307. The van der Waals surface area contributed by atoms with Gasteiger partial charge in [-0.2, -0.15) is 0 Å². The predicted molar refractivity (Wildman–Crippen MR) is 41.3 cm³/mol. The Morgan fingerprint density at radius 1 is 1.27 bits per heavy atom. The Kier molecular flexibility index (Phi) is 5.22. The number of carboxylic acids is 1. The molecule has 0 aromatic rings. The average molecular weight is 146 g/mol. The monoisotopic (exact) mass is 146 g/mol. The SMILES string of the molecule is CCC#CC#CC#CC(=O)O. The molecule has 11 heavy (non-hydrogen) atoms. The first-order valence-electron chi connectivity index (χ1n) is 2.99. The van der Waals surface area contributed by atoms with E-state index in [9.17, 15) is 4.79 Å². The van der Waals surface area contributed by atoms with E-state index in [0.29, 0.717) is 0 Å². The van der Waals surface area contributed by atoms with Gasteiger partial charge < -0.3 is 5.11 Å². The molecule has 0 aliphatic rings. The molecule has 0 atom stereocenters. The fraction of sp³-hybridized carbons (Fsp3) is 0.222. The van der Waals surface area contributed by atoms with E-state index in [1.54, 1.807) is 0 Å². The van der Waals surface area contributed by atoms with Crippen molar-refractivity contribution < 1.29 is 9.90 Å². The van der Waals surface area contributed by atoms with Crippen LogP contribution in [0.1, 0.15) is 13.3 Å². The summed E-state index contributed by atoms with van der Waals surface area (Å²) in [6.45, 7) is 1.90. The highest BCUT2D eigenvalue weighted by molar-refractivity contribution is 5.87.